The molecule has 1 atom stereocenters. The summed E-state index contributed by atoms with van der Waals surface area (Å²) in [5.74, 6) is 0.836. The zero-order valence-electron chi connectivity index (χ0n) is 19.0. The summed E-state index contributed by atoms with van der Waals surface area (Å²) in [5, 5.41) is 13.9. The molecule has 4 aromatic rings. The average molecular weight is 454 g/mol. The minimum Gasteiger partial charge on any atom is -0.497 e. The largest absolute Gasteiger partial charge is 0.497 e. The average Bonchev–Trinajstić information content (AvgIpc) is 2.90. The fourth-order valence-electron chi connectivity index (χ4n) is 3.68. The molecule has 3 aromatic carbocycles. The van der Waals surface area contributed by atoms with Gasteiger partial charge in [0.2, 0.25) is 5.91 Å². The molecule has 6 nitrogen and oxygen atoms in total. The van der Waals surface area contributed by atoms with Crippen molar-refractivity contribution in [3.8, 4) is 17.0 Å². The van der Waals surface area contributed by atoms with E-state index in [9.17, 15) is 9.90 Å². The number of carbonyl (C=O) groups is 1. The number of amides is 1. The van der Waals surface area contributed by atoms with E-state index in [0.29, 0.717) is 29.8 Å². The van der Waals surface area contributed by atoms with Gasteiger partial charge < -0.3 is 15.2 Å². The van der Waals surface area contributed by atoms with E-state index in [1.165, 1.54) is 5.56 Å². The van der Waals surface area contributed by atoms with E-state index in [0.717, 1.165) is 17.7 Å². The zero-order valence-corrected chi connectivity index (χ0v) is 19.0. The lowest BCUT2D eigenvalue weighted by Crippen LogP contribution is -2.17. The van der Waals surface area contributed by atoms with Crippen molar-refractivity contribution in [2.24, 2.45) is 0 Å². The van der Waals surface area contributed by atoms with Gasteiger partial charge >= 0.3 is 0 Å². The Bertz CT molecular complexity index is 1210. The molecule has 1 aromatic heterocycles. The Morgan fingerprint density at radius 2 is 1.65 bits per heavy atom. The highest BCUT2D eigenvalue weighted by Gasteiger charge is 2.20. The number of aromatic nitrogens is 2. The van der Waals surface area contributed by atoms with Crippen LogP contribution < -0.4 is 10.1 Å². The summed E-state index contributed by atoms with van der Waals surface area (Å²) in [6.45, 7) is 0. The number of aryl methyl sites for hydroxylation is 1. The lowest BCUT2D eigenvalue weighted by Gasteiger charge is -2.16. The molecule has 0 saturated heterocycles. The number of aliphatic hydroxyl groups excluding tert-OH is 1. The first kappa shape index (κ1) is 23.1. The highest BCUT2D eigenvalue weighted by Crippen LogP contribution is 2.29. The highest BCUT2D eigenvalue weighted by molar-refractivity contribution is 5.90. The molecule has 172 valence electrons. The summed E-state index contributed by atoms with van der Waals surface area (Å²) in [6.07, 6.45) is 2.44. The van der Waals surface area contributed by atoms with Crippen LogP contribution in [0.1, 0.15) is 35.8 Å². The number of rotatable bonds is 9. The van der Waals surface area contributed by atoms with Gasteiger partial charge in [-0.1, -0.05) is 60.7 Å². The molecular formula is C28H27N3O3. The Kier molecular flexibility index (Phi) is 7.63. The maximum atomic E-state index is 12.7. The number of nitrogens with zero attached hydrogens (tertiary/aromatic N) is 2. The molecule has 1 unspecified atom stereocenters. The molecule has 0 radical (unpaired) electrons. The van der Waals surface area contributed by atoms with E-state index in [2.05, 4.69) is 27.4 Å². The van der Waals surface area contributed by atoms with Crippen LogP contribution in [0.4, 0.5) is 5.82 Å². The van der Waals surface area contributed by atoms with Crippen molar-refractivity contribution >= 4 is 11.7 Å². The van der Waals surface area contributed by atoms with E-state index >= 15 is 0 Å². The number of aliphatic hydroxyl groups is 1. The third-order valence-electron chi connectivity index (χ3n) is 5.53. The fourth-order valence-corrected chi connectivity index (χ4v) is 3.68. The normalized spacial score (nSPS) is 11.6. The molecule has 6 heteroatoms. The Morgan fingerprint density at radius 3 is 2.32 bits per heavy atom. The molecule has 34 heavy (non-hydrogen) atoms. The first-order valence-electron chi connectivity index (χ1n) is 11.2. The molecule has 4 rings (SSSR count). The van der Waals surface area contributed by atoms with Crippen molar-refractivity contribution in [2.75, 3.05) is 12.4 Å². The van der Waals surface area contributed by atoms with E-state index < -0.39 is 6.10 Å². The van der Waals surface area contributed by atoms with Crippen molar-refractivity contribution in [1.82, 2.24) is 9.97 Å². The SMILES string of the molecule is COc1ccc(-c2cnc(NC(=O)CCCc3ccccc3)c(C(O)c3ccccc3)n2)cc1. The lowest BCUT2D eigenvalue weighted by molar-refractivity contribution is -0.116. The van der Waals surface area contributed by atoms with Gasteiger partial charge in [-0.3, -0.25) is 4.79 Å². The van der Waals surface area contributed by atoms with Gasteiger partial charge in [0.15, 0.2) is 5.82 Å². The van der Waals surface area contributed by atoms with Crippen LogP contribution in [0, 0.1) is 0 Å². The van der Waals surface area contributed by atoms with Crippen molar-refractivity contribution in [1.29, 1.82) is 0 Å². The molecule has 1 amide bonds. The Labute approximate surface area is 199 Å². The lowest BCUT2D eigenvalue weighted by atomic mass is 10.1. The maximum absolute atomic E-state index is 12.7. The van der Waals surface area contributed by atoms with Crippen LogP contribution in [0.15, 0.2) is 91.1 Å². The van der Waals surface area contributed by atoms with Crippen LogP contribution in [-0.2, 0) is 11.2 Å². The van der Waals surface area contributed by atoms with E-state index in [1.807, 2.05) is 72.8 Å². The number of benzene rings is 3. The van der Waals surface area contributed by atoms with Gasteiger partial charge in [0.1, 0.15) is 17.5 Å². The van der Waals surface area contributed by atoms with Gasteiger partial charge in [0.25, 0.3) is 0 Å². The molecular weight excluding hydrogens is 426 g/mol. The summed E-state index contributed by atoms with van der Waals surface area (Å²) < 4.78 is 5.22. The van der Waals surface area contributed by atoms with Crippen molar-refractivity contribution in [3.63, 3.8) is 0 Å². The summed E-state index contributed by atoms with van der Waals surface area (Å²) in [6, 6.07) is 26.7. The highest BCUT2D eigenvalue weighted by atomic mass is 16.5. The number of methoxy groups -OCH3 is 1. The standard InChI is InChI=1S/C28H27N3O3/c1-34-23-17-15-21(16-18-23)24-19-29-28(26(30-24)27(33)22-12-6-3-7-13-22)31-25(32)14-8-11-20-9-4-2-5-10-20/h2-7,9-10,12-13,15-19,27,33H,8,11,14H2,1H3,(H,29,31,32). The number of nitrogens with one attached hydrogen (secondary N) is 1. The zero-order chi connectivity index (χ0) is 23.8. The van der Waals surface area contributed by atoms with Crippen LogP contribution in [0.25, 0.3) is 11.3 Å². The van der Waals surface area contributed by atoms with Crippen molar-refractivity contribution in [3.05, 3.63) is 108 Å². The molecule has 0 saturated carbocycles. The Hall–Kier alpha value is -4.03. The number of anilines is 1. The third-order valence-corrected chi connectivity index (χ3v) is 5.53. The first-order valence-corrected chi connectivity index (χ1v) is 11.2. The van der Waals surface area contributed by atoms with E-state index in [1.54, 1.807) is 13.3 Å². The molecule has 0 bridgehead atoms. The summed E-state index contributed by atoms with van der Waals surface area (Å²) in [7, 11) is 1.61. The smallest absolute Gasteiger partial charge is 0.225 e. The second-order valence-electron chi connectivity index (χ2n) is 7.92. The van der Waals surface area contributed by atoms with Gasteiger partial charge in [-0.2, -0.15) is 0 Å². The van der Waals surface area contributed by atoms with Crippen molar-refractivity contribution < 1.29 is 14.6 Å². The summed E-state index contributed by atoms with van der Waals surface area (Å²) in [5.41, 5.74) is 3.59. The monoisotopic (exact) mass is 453 g/mol. The second kappa shape index (κ2) is 11.2. The molecule has 1 heterocycles. The second-order valence-corrected chi connectivity index (χ2v) is 7.92. The maximum Gasteiger partial charge on any atom is 0.225 e. The Balaban J connectivity index is 1.55. The predicted octanol–water partition coefficient (Wildman–Crippen LogP) is 5.20. The Morgan fingerprint density at radius 1 is 0.971 bits per heavy atom. The van der Waals surface area contributed by atoms with E-state index in [4.69, 9.17) is 4.74 Å². The first-order chi connectivity index (χ1) is 16.6. The summed E-state index contributed by atoms with van der Waals surface area (Å²) >= 11 is 0. The number of carbonyl (C=O) groups excluding carboxylic acids is 1. The number of hydrogen-bond acceptors (Lipinski definition) is 5. The van der Waals surface area contributed by atoms with Gasteiger partial charge in [0, 0.05) is 12.0 Å². The predicted molar refractivity (Wildman–Crippen MR) is 133 cm³/mol. The van der Waals surface area contributed by atoms with Crippen molar-refractivity contribution in [2.45, 2.75) is 25.4 Å². The number of ether oxygens (including phenoxy) is 1. The van der Waals surface area contributed by atoms with Gasteiger partial charge in [-0.15, -0.1) is 0 Å². The quantitative estimate of drug-likeness (QED) is 0.364. The topological polar surface area (TPSA) is 84.3 Å². The minimum absolute atomic E-state index is 0.163. The molecule has 0 fully saturated rings. The third kappa shape index (κ3) is 5.85. The van der Waals surface area contributed by atoms with Crippen LogP contribution in [-0.4, -0.2) is 28.1 Å². The summed E-state index contributed by atoms with van der Waals surface area (Å²) in [4.78, 5) is 21.8. The molecule has 0 aliphatic carbocycles. The van der Waals surface area contributed by atoms with Gasteiger partial charge in [0.05, 0.1) is 19.0 Å². The van der Waals surface area contributed by atoms with E-state index in [-0.39, 0.29) is 11.7 Å². The molecule has 0 aliphatic heterocycles. The van der Waals surface area contributed by atoms with Crippen LogP contribution in [0.3, 0.4) is 0 Å². The van der Waals surface area contributed by atoms with Crippen LogP contribution in [0.2, 0.25) is 0 Å². The fraction of sp³-hybridized carbons (Fsp3) is 0.179. The molecule has 0 spiro atoms. The minimum atomic E-state index is -1.04. The van der Waals surface area contributed by atoms with Crippen LogP contribution in [0.5, 0.6) is 5.75 Å². The van der Waals surface area contributed by atoms with Gasteiger partial charge in [-0.25, -0.2) is 9.97 Å². The van der Waals surface area contributed by atoms with Crippen LogP contribution >= 0.6 is 0 Å². The molecule has 2 N–H and O–H groups in total. The number of hydrogen-bond donors (Lipinski definition) is 2. The van der Waals surface area contributed by atoms with Gasteiger partial charge in [-0.05, 0) is 48.2 Å². The molecule has 0 aliphatic rings.